The summed E-state index contributed by atoms with van der Waals surface area (Å²) in [6, 6.07) is 5.47. The predicted octanol–water partition coefficient (Wildman–Crippen LogP) is 2.49. The van der Waals surface area contributed by atoms with Crippen LogP contribution in [-0.2, 0) is 13.0 Å². The first-order valence-electron chi connectivity index (χ1n) is 6.24. The molecule has 0 radical (unpaired) electrons. The van der Waals surface area contributed by atoms with Crippen molar-refractivity contribution in [2.24, 2.45) is 11.1 Å². The van der Waals surface area contributed by atoms with Gasteiger partial charge >= 0.3 is 0 Å². The maximum absolute atomic E-state index is 9.92. The number of phenolic OH excluding ortho intramolecular Hbond substituents is 1. The van der Waals surface area contributed by atoms with Gasteiger partial charge in [0.2, 0.25) is 11.7 Å². The van der Waals surface area contributed by atoms with Gasteiger partial charge in [-0.25, -0.2) is 0 Å². The van der Waals surface area contributed by atoms with Crippen LogP contribution in [0.2, 0.25) is 0 Å². The third-order valence-electron chi connectivity index (χ3n) is 2.68. The summed E-state index contributed by atoms with van der Waals surface area (Å²) in [6.45, 7) is 6.69. The van der Waals surface area contributed by atoms with Crippen molar-refractivity contribution >= 4 is 0 Å². The molecule has 0 amide bonds. The van der Waals surface area contributed by atoms with Crippen LogP contribution in [0.25, 0.3) is 11.4 Å². The molecule has 0 bridgehead atoms. The number of hydrogen-bond donors (Lipinski definition) is 2. The Morgan fingerprint density at radius 2 is 2.05 bits per heavy atom. The number of aromatic nitrogens is 2. The highest BCUT2D eigenvalue weighted by Crippen LogP contribution is 2.30. The molecule has 0 saturated heterocycles. The van der Waals surface area contributed by atoms with Crippen LogP contribution >= 0.6 is 0 Å². The van der Waals surface area contributed by atoms with Gasteiger partial charge in [0.25, 0.3) is 0 Å². The fourth-order valence-corrected chi connectivity index (χ4v) is 1.93. The first kappa shape index (κ1) is 13.5. The highest BCUT2D eigenvalue weighted by molar-refractivity contribution is 5.64. The topological polar surface area (TPSA) is 85.2 Å². The minimum Gasteiger partial charge on any atom is -0.507 e. The van der Waals surface area contributed by atoms with E-state index >= 15 is 0 Å². The zero-order chi connectivity index (χ0) is 14.0. The van der Waals surface area contributed by atoms with Crippen molar-refractivity contribution in [1.29, 1.82) is 0 Å². The molecule has 102 valence electrons. The van der Waals surface area contributed by atoms with Gasteiger partial charge in [0, 0.05) is 0 Å². The zero-order valence-corrected chi connectivity index (χ0v) is 11.5. The first-order chi connectivity index (χ1) is 8.89. The summed E-state index contributed by atoms with van der Waals surface area (Å²) < 4.78 is 4.97. The predicted molar refractivity (Wildman–Crippen MR) is 72.4 cm³/mol. The van der Waals surface area contributed by atoms with Gasteiger partial charge in [-0.2, -0.15) is 4.98 Å². The smallest absolute Gasteiger partial charge is 0.240 e. The average molecular weight is 261 g/mol. The summed E-state index contributed by atoms with van der Waals surface area (Å²) in [7, 11) is 0. The Balaban J connectivity index is 2.36. The fourth-order valence-electron chi connectivity index (χ4n) is 1.93. The lowest BCUT2D eigenvalue weighted by molar-refractivity contribution is 0.380. The number of nitrogens with two attached hydrogens (primary N) is 1. The van der Waals surface area contributed by atoms with E-state index in [9.17, 15) is 5.11 Å². The number of nitrogens with zero attached hydrogens (tertiary/aromatic N) is 2. The summed E-state index contributed by atoms with van der Waals surface area (Å²) in [4.78, 5) is 4.13. The van der Waals surface area contributed by atoms with Crippen molar-refractivity contribution in [1.82, 2.24) is 10.1 Å². The fraction of sp³-hybridized carbons (Fsp3) is 0.429. The Hall–Kier alpha value is -1.88. The van der Waals surface area contributed by atoms with Crippen LogP contribution in [0.5, 0.6) is 5.75 Å². The molecule has 19 heavy (non-hydrogen) atoms. The Labute approximate surface area is 112 Å². The van der Waals surface area contributed by atoms with Crippen LogP contribution in [0.3, 0.4) is 0 Å². The van der Waals surface area contributed by atoms with Crippen molar-refractivity contribution in [2.75, 3.05) is 0 Å². The van der Waals surface area contributed by atoms with Crippen molar-refractivity contribution in [3.8, 4) is 17.1 Å². The summed E-state index contributed by atoms with van der Waals surface area (Å²) >= 11 is 0. The van der Waals surface area contributed by atoms with Crippen molar-refractivity contribution in [3.63, 3.8) is 0 Å². The van der Waals surface area contributed by atoms with E-state index in [0.29, 0.717) is 17.3 Å². The summed E-state index contributed by atoms with van der Waals surface area (Å²) in [6.07, 6.45) is 0.905. The Kier molecular flexibility index (Phi) is 3.57. The van der Waals surface area contributed by atoms with Crippen LogP contribution < -0.4 is 5.73 Å². The number of benzene rings is 1. The van der Waals surface area contributed by atoms with Gasteiger partial charge < -0.3 is 15.4 Å². The second-order valence-electron chi connectivity index (χ2n) is 5.80. The molecule has 3 N–H and O–H groups in total. The SMILES string of the molecule is CC(C)(C)Cc1ccc(O)c(-c2noc(CN)n2)c1. The lowest BCUT2D eigenvalue weighted by atomic mass is 9.87. The van der Waals surface area contributed by atoms with Crippen molar-refractivity contribution in [2.45, 2.75) is 33.7 Å². The molecule has 1 aromatic heterocycles. The molecule has 1 heterocycles. The quantitative estimate of drug-likeness (QED) is 0.886. The molecule has 0 fully saturated rings. The van der Waals surface area contributed by atoms with E-state index in [1.54, 1.807) is 6.07 Å². The van der Waals surface area contributed by atoms with Gasteiger partial charge in [-0.3, -0.25) is 0 Å². The molecular formula is C14H19N3O2. The number of phenols is 1. The monoisotopic (exact) mass is 261 g/mol. The van der Waals surface area contributed by atoms with E-state index in [1.807, 2.05) is 12.1 Å². The molecule has 0 saturated carbocycles. The van der Waals surface area contributed by atoms with Crippen LogP contribution in [0, 0.1) is 5.41 Å². The van der Waals surface area contributed by atoms with Gasteiger partial charge in [-0.15, -0.1) is 0 Å². The van der Waals surface area contributed by atoms with Gasteiger partial charge in [-0.05, 0) is 29.5 Å². The number of aromatic hydroxyl groups is 1. The zero-order valence-electron chi connectivity index (χ0n) is 11.5. The molecule has 1 aromatic carbocycles. The first-order valence-corrected chi connectivity index (χ1v) is 6.24. The third kappa shape index (κ3) is 3.32. The maximum Gasteiger partial charge on any atom is 0.240 e. The lowest BCUT2D eigenvalue weighted by Crippen LogP contribution is -2.09. The minimum atomic E-state index is 0.141. The van der Waals surface area contributed by atoms with Crippen LogP contribution in [0.15, 0.2) is 22.7 Å². The normalized spacial score (nSPS) is 11.8. The molecule has 0 aliphatic carbocycles. The van der Waals surface area contributed by atoms with E-state index in [4.69, 9.17) is 10.3 Å². The molecule has 5 nitrogen and oxygen atoms in total. The second-order valence-corrected chi connectivity index (χ2v) is 5.80. The molecule has 5 heteroatoms. The molecule has 0 spiro atoms. The standard InChI is InChI=1S/C14H19N3O2/c1-14(2,3)7-9-4-5-11(18)10(6-9)13-16-12(8-15)19-17-13/h4-6,18H,7-8,15H2,1-3H3. The molecule has 0 unspecified atom stereocenters. The lowest BCUT2D eigenvalue weighted by Gasteiger charge is -2.18. The van der Waals surface area contributed by atoms with E-state index in [0.717, 1.165) is 12.0 Å². The van der Waals surface area contributed by atoms with Gasteiger partial charge in [-0.1, -0.05) is 32.0 Å². The number of hydrogen-bond acceptors (Lipinski definition) is 5. The molecular weight excluding hydrogens is 242 g/mol. The highest BCUT2D eigenvalue weighted by Gasteiger charge is 2.16. The van der Waals surface area contributed by atoms with Crippen LogP contribution in [0.1, 0.15) is 32.2 Å². The summed E-state index contributed by atoms with van der Waals surface area (Å²) in [5, 5.41) is 13.7. The minimum absolute atomic E-state index is 0.141. The molecule has 0 atom stereocenters. The molecule has 0 aliphatic heterocycles. The third-order valence-corrected chi connectivity index (χ3v) is 2.68. The summed E-state index contributed by atoms with van der Waals surface area (Å²) in [5.41, 5.74) is 7.31. The van der Waals surface area contributed by atoms with E-state index in [1.165, 1.54) is 0 Å². The number of rotatable bonds is 3. The van der Waals surface area contributed by atoms with E-state index in [2.05, 4.69) is 30.9 Å². The Morgan fingerprint density at radius 1 is 1.32 bits per heavy atom. The van der Waals surface area contributed by atoms with Gasteiger partial charge in [0.05, 0.1) is 12.1 Å². The molecule has 2 rings (SSSR count). The second kappa shape index (κ2) is 5.01. The summed E-state index contributed by atoms with van der Waals surface area (Å²) in [5.74, 6) is 0.867. The molecule has 2 aromatic rings. The van der Waals surface area contributed by atoms with Crippen molar-refractivity contribution < 1.29 is 9.63 Å². The van der Waals surface area contributed by atoms with Crippen LogP contribution in [-0.4, -0.2) is 15.2 Å². The van der Waals surface area contributed by atoms with E-state index < -0.39 is 0 Å². The highest BCUT2D eigenvalue weighted by atomic mass is 16.5. The van der Waals surface area contributed by atoms with Crippen LogP contribution in [0.4, 0.5) is 0 Å². The largest absolute Gasteiger partial charge is 0.507 e. The van der Waals surface area contributed by atoms with Crippen molar-refractivity contribution in [3.05, 3.63) is 29.7 Å². The Morgan fingerprint density at radius 3 is 2.63 bits per heavy atom. The van der Waals surface area contributed by atoms with Gasteiger partial charge in [0.15, 0.2) is 0 Å². The molecule has 0 aliphatic rings. The average Bonchev–Trinajstić information content (AvgIpc) is 2.78. The Bertz CT molecular complexity index is 570. The maximum atomic E-state index is 9.92. The van der Waals surface area contributed by atoms with Gasteiger partial charge in [0.1, 0.15) is 5.75 Å². The van der Waals surface area contributed by atoms with E-state index in [-0.39, 0.29) is 17.7 Å².